The minimum Gasteiger partial charge on any atom is -0.352 e. The van der Waals surface area contributed by atoms with Crippen molar-refractivity contribution < 1.29 is 4.79 Å². The normalized spacial score (nSPS) is 32.4. The second-order valence-electron chi connectivity index (χ2n) is 6.26. The largest absolute Gasteiger partial charge is 0.352 e. The van der Waals surface area contributed by atoms with Crippen molar-refractivity contribution in [3.05, 3.63) is 0 Å². The Bertz CT molecular complexity index is 295. The lowest BCUT2D eigenvalue weighted by Crippen LogP contribution is -2.47. The predicted octanol–water partition coefficient (Wildman–Crippen LogP) is 1.37. The van der Waals surface area contributed by atoms with Crippen LogP contribution in [0.25, 0.3) is 0 Å². The SMILES string of the molecule is CNCC1CCCN1CC(=O)NC1CCCCC1C. The molecule has 2 N–H and O–H groups in total. The van der Waals surface area contributed by atoms with Gasteiger partial charge >= 0.3 is 0 Å². The highest BCUT2D eigenvalue weighted by molar-refractivity contribution is 5.78. The molecule has 110 valence electrons. The van der Waals surface area contributed by atoms with Crippen molar-refractivity contribution in [1.82, 2.24) is 15.5 Å². The summed E-state index contributed by atoms with van der Waals surface area (Å²) in [6.45, 7) is 4.91. The van der Waals surface area contributed by atoms with Gasteiger partial charge in [0.1, 0.15) is 0 Å². The summed E-state index contributed by atoms with van der Waals surface area (Å²) >= 11 is 0. The fourth-order valence-electron chi connectivity index (χ4n) is 3.54. The van der Waals surface area contributed by atoms with Crippen molar-refractivity contribution in [2.24, 2.45) is 5.92 Å². The van der Waals surface area contributed by atoms with Crippen LogP contribution in [0.15, 0.2) is 0 Å². The molecule has 1 saturated carbocycles. The highest BCUT2D eigenvalue weighted by Gasteiger charge is 2.27. The maximum atomic E-state index is 12.2. The molecule has 0 spiro atoms. The van der Waals surface area contributed by atoms with Gasteiger partial charge in [-0.25, -0.2) is 0 Å². The molecule has 0 bridgehead atoms. The first-order valence-corrected chi connectivity index (χ1v) is 7.88. The number of hydrogen-bond acceptors (Lipinski definition) is 3. The number of hydrogen-bond donors (Lipinski definition) is 2. The quantitative estimate of drug-likeness (QED) is 0.790. The van der Waals surface area contributed by atoms with Crippen LogP contribution in [0.5, 0.6) is 0 Å². The Morgan fingerprint density at radius 2 is 2.00 bits per heavy atom. The van der Waals surface area contributed by atoms with Crippen molar-refractivity contribution in [1.29, 1.82) is 0 Å². The Morgan fingerprint density at radius 3 is 2.74 bits per heavy atom. The third kappa shape index (κ3) is 4.18. The van der Waals surface area contributed by atoms with E-state index in [4.69, 9.17) is 0 Å². The first-order chi connectivity index (χ1) is 9.20. The lowest BCUT2D eigenvalue weighted by molar-refractivity contribution is -0.123. The summed E-state index contributed by atoms with van der Waals surface area (Å²) in [6.07, 6.45) is 7.45. The maximum Gasteiger partial charge on any atom is 0.234 e. The van der Waals surface area contributed by atoms with E-state index in [2.05, 4.69) is 22.5 Å². The molecule has 19 heavy (non-hydrogen) atoms. The number of rotatable bonds is 5. The predicted molar refractivity (Wildman–Crippen MR) is 78.1 cm³/mol. The van der Waals surface area contributed by atoms with E-state index >= 15 is 0 Å². The van der Waals surface area contributed by atoms with Gasteiger partial charge in [0, 0.05) is 18.6 Å². The maximum absolute atomic E-state index is 12.2. The standard InChI is InChI=1S/C15H29N3O/c1-12-6-3-4-8-14(12)17-15(19)11-18-9-5-7-13(18)10-16-2/h12-14,16H,3-11H2,1-2H3,(H,17,19). The van der Waals surface area contributed by atoms with E-state index in [-0.39, 0.29) is 5.91 Å². The summed E-state index contributed by atoms with van der Waals surface area (Å²) in [5.74, 6) is 0.867. The molecule has 1 amide bonds. The van der Waals surface area contributed by atoms with E-state index in [0.29, 0.717) is 24.5 Å². The van der Waals surface area contributed by atoms with Crippen LogP contribution in [0.2, 0.25) is 0 Å². The van der Waals surface area contributed by atoms with Crippen LogP contribution in [0.3, 0.4) is 0 Å². The van der Waals surface area contributed by atoms with Gasteiger partial charge < -0.3 is 10.6 Å². The molecule has 0 radical (unpaired) electrons. The fourth-order valence-corrected chi connectivity index (χ4v) is 3.54. The highest BCUT2D eigenvalue weighted by Crippen LogP contribution is 2.23. The molecule has 4 heteroatoms. The van der Waals surface area contributed by atoms with Crippen LogP contribution in [0.1, 0.15) is 45.4 Å². The van der Waals surface area contributed by atoms with Gasteiger partial charge in [0.25, 0.3) is 0 Å². The van der Waals surface area contributed by atoms with Crippen LogP contribution in [0.4, 0.5) is 0 Å². The van der Waals surface area contributed by atoms with Crippen LogP contribution < -0.4 is 10.6 Å². The summed E-state index contributed by atoms with van der Waals surface area (Å²) in [5.41, 5.74) is 0. The van der Waals surface area contributed by atoms with Crippen LogP contribution in [-0.4, -0.2) is 49.6 Å². The second-order valence-corrected chi connectivity index (χ2v) is 6.26. The Labute approximate surface area is 117 Å². The number of likely N-dealkylation sites (tertiary alicyclic amines) is 1. The van der Waals surface area contributed by atoms with Crippen molar-refractivity contribution in [2.75, 3.05) is 26.7 Å². The molecular weight excluding hydrogens is 238 g/mol. The average Bonchev–Trinajstić information content (AvgIpc) is 2.80. The summed E-state index contributed by atoms with van der Waals surface area (Å²) in [7, 11) is 1.99. The Kier molecular flexibility index (Phi) is 5.64. The van der Waals surface area contributed by atoms with Gasteiger partial charge in [0.15, 0.2) is 0 Å². The van der Waals surface area contributed by atoms with E-state index in [9.17, 15) is 4.79 Å². The number of likely N-dealkylation sites (N-methyl/N-ethyl adjacent to an activating group) is 1. The summed E-state index contributed by atoms with van der Waals surface area (Å²) in [4.78, 5) is 14.5. The van der Waals surface area contributed by atoms with Crippen LogP contribution in [-0.2, 0) is 4.79 Å². The smallest absolute Gasteiger partial charge is 0.234 e. The van der Waals surface area contributed by atoms with Gasteiger partial charge in [-0.1, -0.05) is 19.8 Å². The minimum absolute atomic E-state index is 0.224. The average molecular weight is 267 g/mol. The van der Waals surface area contributed by atoms with E-state index in [0.717, 1.165) is 19.5 Å². The second kappa shape index (κ2) is 7.25. The molecule has 1 saturated heterocycles. The number of nitrogens with zero attached hydrogens (tertiary/aromatic N) is 1. The summed E-state index contributed by atoms with van der Waals surface area (Å²) in [5, 5.41) is 6.49. The van der Waals surface area contributed by atoms with Crippen molar-refractivity contribution in [2.45, 2.75) is 57.5 Å². The molecule has 3 unspecified atom stereocenters. The molecule has 4 nitrogen and oxygen atoms in total. The van der Waals surface area contributed by atoms with Gasteiger partial charge in [-0.3, -0.25) is 9.69 Å². The van der Waals surface area contributed by atoms with Gasteiger partial charge in [-0.2, -0.15) is 0 Å². The lowest BCUT2D eigenvalue weighted by atomic mass is 9.86. The van der Waals surface area contributed by atoms with Crippen LogP contribution in [0, 0.1) is 5.92 Å². The molecule has 1 heterocycles. The highest BCUT2D eigenvalue weighted by atomic mass is 16.2. The first kappa shape index (κ1) is 14.8. The Hall–Kier alpha value is -0.610. The topological polar surface area (TPSA) is 44.4 Å². The zero-order valence-corrected chi connectivity index (χ0v) is 12.5. The third-order valence-electron chi connectivity index (χ3n) is 4.74. The van der Waals surface area contributed by atoms with Gasteiger partial charge in [-0.05, 0) is 45.2 Å². The van der Waals surface area contributed by atoms with E-state index in [1.165, 1.54) is 32.1 Å². The third-order valence-corrected chi connectivity index (χ3v) is 4.74. The Morgan fingerprint density at radius 1 is 1.21 bits per heavy atom. The lowest BCUT2D eigenvalue weighted by Gasteiger charge is -2.31. The molecule has 2 fully saturated rings. The monoisotopic (exact) mass is 267 g/mol. The van der Waals surface area contributed by atoms with Crippen LogP contribution >= 0.6 is 0 Å². The summed E-state index contributed by atoms with van der Waals surface area (Å²) in [6, 6.07) is 0.950. The molecular formula is C15H29N3O. The molecule has 3 atom stereocenters. The van der Waals surface area contributed by atoms with Crippen molar-refractivity contribution >= 4 is 5.91 Å². The van der Waals surface area contributed by atoms with Crippen molar-refractivity contribution in [3.63, 3.8) is 0 Å². The molecule has 0 aromatic rings. The molecule has 0 aromatic carbocycles. The molecule has 2 rings (SSSR count). The zero-order valence-electron chi connectivity index (χ0n) is 12.5. The minimum atomic E-state index is 0.224. The molecule has 0 aromatic heterocycles. The van der Waals surface area contributed by atoms with E-state index < -0.39 is 0 Å². The van der Waals surface area contributed by atoms with Crippen molar-refractivity contribution in [3.8, 4) is 0 Å². The summed E-state index contributed by atoms with van der Waals surface area (Å²) < 4.78 is 0. The molecule has 1 aliphatic heterocycles. The molecule has 2 aliphatic rings. The zero-order chi connectivity index (χ0) is 13.7. The van der Waals surface area contributed by atoms with E-state index in [1.54, 1.807) is 0 Å². The van der Waals surface area contributed by atoms with Gasteiger partial charge in [0.05, 0.1) is 6.54 Å². The van der Waals surface area contributed by atoms with Gasteiger partial charge in [-0.15, -0.1) is 0 Å². The fraction of sp³-hybridized carbons (Fsp3) is 0.933. The number of carbonyl (C=O) groups is 1. The van der Waals surface area contributed by atoms with E-state index in [1.807, 2.05) is 7.05 Å². The first-order valence-electron chi connectivity index (χ1n) is 7.88. The molecule has 1 aliphatic carbocycles. The van der Waals surface area contributed by atoms with Gasteiger partial charge in [0.2, 0.25) is 5.91 Å². The Balaban J connectivity index is 1.77. The number of nitrogens with one attached hydrogen (secondary N) is 2. The number of carbonyl (C=O) groups excluding carboxylic acids is 1. The number of amides is 1.